The second-order valence-electron chi connectivity index (χ2n) is 9.66. The summed E-state index contributed by atoms with van der Waals surface area (Å²) in [6.45, 7) is 2.29. The molecule has 0 amide bonds. The molecule has 8 nitrogen and oxygen atoms in total. The van der Waals surface area contributed by atoms with Gasteiger partial charge in [0.2, 0.25) is 16.0 Å². The lowest BCUT2D eigenvalue weighted by Crippen LogP contribution is -2.44. The van der Waals surface area contributed by atoms with Crippen LogP contribution in [0.4, 0.5) is 26.2 Å². The topological polar surface area (TPSA) is 99.3 Å². The van der Waals surface area contributed by atoms with E-state index >= 15 is 0 Å². The van der Waals surface area contributed by atoms with Crippen molar-refractivity contribution in [1.29, 1.82) is 0 Å². The first-order valence-electron chi connectivity index (χ1n) is 13.0. The van der Waals surface area contributed by atoms with Gasteiger partial charge < -0.3 is 10.6 Å². The molecule has 0 bridgehead atoms. The van der Waals surface area contributed by atoms with E-state index in [2.05, 4.69) is 30.2 Å². The standard InChI is InChI=1S/C29H30F2N6O2S/c30-23-7-9-24(10-8-23)34-28-13-16-32-29(35-28)33-19-21-5-11-26(12-6-21)40(38,39)36-25-14-17-37(18-15-25)20-22-3-1-2-4-27(22)31/h1-13,16,25,36H,14-15,17-20H2,(H2,32,33,34,35). The fourth-order valence-electron chi connectivity index (χ4n) is 4.53. The zero-order valence-corrected chi connectivity index (χ0v) is 22.5. The highest BCUT2D eigenvalue weighted by Crippen LogP contribution is 2.19. The Morgan fingerprint density at radius 2 is 1.62 bits per heavy atom. The van der Waals surface area contributed by atoms with Crippen molar-refractivity contribution in [2.24, 2.45) is 0 Å². The van der Waals surface area contributed by atoms with Gasteiger partial charge in [-0.05, 0) is 66.9 Å². The molecule has 40 heavy (non-hydrogen) atoms. The summed E-state index contributed by atoms with van der Waals surface area (Å²) in [5.41, 5.74) is 2.21. The molecule has 208 valence electrons. The summed E-state index contributed by atoms with van der Waals surface area (Å²) in [6.07, 6.45) is 2.92. The molecule has 1 aliphatic rings. The molecule has 0 saturated carbocycles. The molecule has 5 rings (SSSR count). The van der Waals surface area contributed by atoms with Gasteiger partial charge in [-0.25, -0.2) is 26.9 Å². The van der Waals surface area contributed by atoms with Crippen molar-refractivity contribution in [3.8, 4) is 0 Å². The van der Waals surface area contributed by atoms with Crippen LogP contribution in [0.25, 0.3) is 0 Å². The van der Waals surface area contributed by atoms with Crippen LogP contribution in [-0.4, -0.2) is 42.4 Å². The summed E-state index contributed by atoms with van der Waals surface area (Å²) in [5, 5.41) is 6.22. The van der Waals surface area contributed by atoms with E-state index in [9.17, 15) is 17.2 Å². The van der Waals surface area contributed by atoms with E-state index in [1.165, 1.54) is 18.2 Å². The number of nitrogens with one attached hydrogen (secondary N) is 3. The highest BCUT2D eigenvalue weighted by molar-refractivity contribution is 7.89. The van der Waals surface area contributed by atoms with Crippen LogP contribution in [0.3, 0.4) is 0 Å². The molecule has 0 atom stereocenters. The van der Waals surface area contributed by atoms with Gasteiger partial charge in [0.1, 0.15) is 17.5 Å². The average molecular weight is 565 g/mol. The van der Waals surface area contributed by atoms with Crippen LogP contribution >= 0.6 is 0 Å². The van der Waals surface area contributed by atoms with Gasteiger partial charge in [-0.3, -0.25) is 4.90 Å². The van der Waals surface area contributed by atoms with Crippen LogP contribution < -0.4 is 15.4 Å². The Balaban J connectivity index is 1.11. The molecular formula is C29H30F2N6O2S. The number of nitrogens with zero attached hydrogens (tertiary/aromatic N) is 3. The first kappa shape index (κ1) is 27.6. The van der Waals surface area contributed by atoms with Gasteiger partial charge in [-0.15, -0.1) is 0 Å². The van der Waals surface area contributed by atoms with Gasteiger partial charge in [-0.1, -0.05) is 30.3 Å². The molecule has 0 unspecified atom stereocenters. The van der Waals surface area contributed by atoms with Gasteiger partial charge in [0.05, 0.1) is 4.90 Å². The molecule has 3 N–H and O–H groups in total. The average Bonchev–Trinajstić information content (AvgIpc) is 2.96. The lowest BCUT2D eigenvalue weighted by Gasteiger charge is -2.32. The molecule has 2 heterocycles. The molecule has 0 spiro atoms. The van der Waals surface area contributed by atoms with E-state index < -0.39 is 10.0 Å². The number of hydrogen-bond acceptors (Lipinski definition) is 7. The highest BCUT2D eigenvalue weighted by atomic mass is 32.2. The first-order valence-corrected chi connectivity index (χ1v) is 14.5. The van der Waals surface area contributed by atoms with Crippen molar-refractivity contribution < 1.29 is 17.2 Å². The number of rotatable bonds is 10. The maximum Gasteiger partial charge on any atom is 0.240 e. The van der Waals surface area contributed by atoms with Crippen molar-refractivity contribution >= 4 is 27.5 Å². The molecule has 1 fully saturated rings. The predicted octanol–water partition coefficient (Wildman–Crippen LogP) is 5.05. The van der Waals surface area contributed by atoms with Crippen molar-refractivity contribution in [3.05, 3.63) is 108 Å². The van der Waals surface area contributed by atoms with Gasteiger partial charge in [0, 0.05) is 49.7 Å². The fraction of sp³-hybridized carbons (Fsp3) is 0.241. The van der Waals surface area contributed by atoms with Gasteiger partial charge in [-0.2, -0.15) is 4.98 Å². The largest absolute Gasteiger partial charge is 0.350 e. The molecule has 1 aromatic heterocycles. The van der Waals surface area contributed by atoms with Crippen LogP contribution in [0.1, 0.15) is 24.0 Å². The summed E-state index contributed by atoms with van der Waals surface area (Å²) in [7, 11) is -3.67. The number of likely N-dealkylation sites (tertiary alicyclic amines) is 1. The molecule has 11 heteroatoms. The molecule has 4 aromatic rings. The minimum atomic E-state index is -3.67. The summed E-state index contributed by atoms with van der Waals surface area (Å²) in [6, 6.07) is 20.9. The second-order valence-corrected chi connectivity index (χ2v) is 11.4. The molecule has 1 saturated heterocycles. The van der Waals surface area contributed by atoms with Gasteiger partial charge >= 0.3 is 0 Å². The van der Waals surface area contributed by atoms with Gasteiger partial charge in [0.15, 0.2) is 0 Å². The van der Waals surface area contributed by atoms with E-state index in [0.29, 0.717) is 62.0 Å². The monoisotopic (exact) mass is 564 g/mol. The Bertz CT molecular complexity index is 1530. The zero-order valence-electron chi connectivity index (χ0n) is 21.7. The summed E-state index contributed by atoms with van der Waals surface area (Å²) in [4.78, 5) is 11.0. The molecule has 1 aliphatic heterocycles. The first-order chi connectivity index (χ1) is 19.3. The van der Waals surface area contributed by atoms with Crippen LogP contribution in [-0.2, 0) is 23.1 Å². The van der Waals surface area contributed by atoms with Gasteiger partial charge in [0.25, 0.3) is 0 Å². The maximum atomic E-state index is 14.0. The second kappa shape index (κ2) is 12.5. The zero-order chi connectivity index (χ0) is 28.0. The SMILES string of the molecule is O=S(=O)(NC1CCN(Cc2ccccc2F)CC1)c1ccc(CNc2nccc(Nc3ccc(F)cc3)n2)cc1. The lowest BCUT2D eigenvalue weighted by atomic mass is 10.1. The number of aromatic nitrogens is 2. The number of halogens is 2. The van der Waals surface area contributed by atoms with Crippen molar-refractivity contribution in [1.82, 2.24) is 19.6 Å². The van der Waals surface area contributed by atoms with Crippen molar-refractivity contribution in [2.45, 2.75) is 36.9 Å². The normalized spacial score (nSPS) is 14.7. The number of anilines is 3. The summed E-state index contributed by atoms with van der Waals surface area (Å²) >= 11 is 0. The Hall–Kier alpha value is -3.93. The minimum Gasteiger partial charge on any atom is -0.350 e. The summed E-state index contributed by atoms with van der Waals surface area (Å²) in [5.74, 6) is 0.411. The van der Waals surface area contributed by atoms with E-state index in [4.69, 9.17) is 0 Å². The smallest absolute Gasteiger partial charge is 0.240 e. The Kier molecular flexibility index (Phi) is 8.63. The molecule has 3 aromatic carbocycles. The fourth-order valence-corrected chi connectivity index (χ4v) is 5.83. The number of piperidine rings is 1. The third kappa shape index (κ3) is 7.38. The van der Waals surface area contributed by atoms with Crippen LogP contribution in [0.5, 0.6) is 0 Å². The quantitative estimate of drug-likeness (QED) is 0.248. The number of benzene rings is 3. The molecule has 0 aliphatic carbocycles. The number of sulfonamides is 1. The van der Waals surface area contributed by atoms with E-state index in [1.54, 1.807) is 60.8 Å². The number of hydrogen-bond donors (Lipinski definition) is 3. The van der Waals surface area contributed by atoms with E-state index in [0.717, 1.165) is 5.56 Å². The third-order valence-corrected chi connectivity index (χ3v) is 8.25. The van der Waals surface area contributed by atoms with Crippen LogP contribution in [0.2, 0.25) is 0 Å². The highest BCUT2D eigenvalue weighted by Gasteiger charge is 2.25. The van der Waals surface area contributed by atoms with Crippen molar-refractivity contribution in [3.63, 3.8) is 0 Å². The van der Waals surface area contributed by atoms with Crippen LogP contribution in [0, 0.1) is 11.6 Å². The van der Waals surface area contributed by atoms with E-state index in [1.807, 2.05) is 6.07 Å². The maximum absolute atomic E-state index is 14.0. The molecular weight excluding hydrogens is 534 g/mol. The van der Waals surface area contributed by atoms with Crippen molar-refractivity contribution in [2.75, 3.05) is 23.7 Å². The predicted molar refractivity (Wildman–Crippen MR) is 151 cm³/mol. The summed E-state index contributed by atoms with van der Waals surface area (Å²) < 4.78 is 55.8. The van der Waals surface area contributed by atoms with Crippen LogP contribution in [0.15, 0.2) is 90.0 Å². The lowest BCUT2D eigenvalue weighted by molar-refractivity contribution is 0.198. The third-order valence-electron chi connectivity index (χ3n) is 6.72. The van der Waals surface area contributed by atoms with E-state index in [-0.39, 0.29) is 22.6 Å². The minimum absolute atomic E-state index is 0.170. The Labute approximate surface area is 232 Å². The Morgan fingerprint density at radius 3 is 2.35 bits per heavy atom. The molecule has 0 radical (unpaired) electrons. The Morgan fingerprint density at radius 1 is 0.900 bits per heavy atom.